The number of hydrogen-bond donors (Lipinski definition) is 1. The molecular weight excluding hydrogens is 415 g/mol. The Hall–Kier alpha value is -2.37. The fourth-order valence-corrected chi connectivity index (χ4v) is 4.44. The Labute approximate surface area is 175 Å². The lowest BCUT2D eigenvalue weighted by Crippen LogP contribution is -2.08. The maximum atomic E-state index is 14.9. The quantitative estimate of drug-likeness (QED) is 0.351. The van der Waals surface area contributed by atoms with Gasteiger partial charge < -0.3 is 4.98 Å². The molecule has 1 N–H and O–H groups in total. The summed E-state index contributed by atoms with van der Waals surface area (Å²) in [7, 11) is 0. The van der Waals surface area contributed by atoms with Crippen LogP contribution in [0.3, 0.4) is 0 Å². The molecule has 0 aliphatic rings. The molecule has 4 aromatic rings. The maximum Gasteiger partial charge on any atom is 0.130 e. The van der Waals surface area contributed by atoms with E-state index in [2.05, 4.69) is 4.98 Å². The van der Waals surface area contributed by atoms with Crippen LogP contribution >= 0.6 is 23.4 Å². The van der Waals surface area contributed by atoms with Crippen molar-refractivity contribution in [2.24, 2.45) is 0 Å². The first-order valence-corrected chi connectivity index (χ1v) is 10.7. The Kier molecular flexibility index (Phi) is 5.61. The third-order valence-electron chi connectivity index (χ3n) is 4.99. The molecule has 0 aliphatic heterocycles. The van der Waals surface area contributed by atoms with Gasteiger partial charge in [0.25, 0.3) is 0 Å². The van der Waals surface area contributed by atoms with Gasteiger partial charge in [-0.15, -0.1) is 0 Å². The topological polar surface area (TPSA) is 15.8 Å². The molecule has 0 radical (unpaired) electrons. The Morgan fingerprint density at radius 2 is 1.66 bits per heavy atom. The Morgan fingerprint density at radius 3 is 2.34 bits per heavy atom. The summed E-state index contributed by atoms with van der Waals surface area (Å²) in [4.78, 5) is 3.26. The van der Waals surface area contributed by atoms with Gasteiger partial charge in [0.15, 0.2) is 0 Å². The van der Waals surface area contributed by atoms with Gasteiger partial charge in [0.05, 0.1) is 0 Å². The zero-order valence-electron chi connectivity index (χ0n) is 15.5. The molecule has 3 aromatic carbocycles. The number of fused-ring (bicyclic) bond motifs is 1. The largest absolute Gasteiger partial charge is 0.361 e. The van der Waals surface area contributed by atoms with E-state index in [0.717, 1.165) is 33.8 Å². The van der Waals surface area contributed by atoms with Gasteiger partial charge in [-0.05, 0) is 41.1 Å². The number of hydrogen-bond acceptors (Lipinski definition) is 1. The maximum absolute atomic E-state index is 14.9. The number of aromatic nitrogens is 1. The van der Waals surface area contributed by atoms with Crippen molar-refractivity contribution in [2.75, 3.05) is 6.26 Å². The Morgan fingerprint density at radius 1 is 0.931 bits per heavy atom. The average Bonchev–Trinajstić information content (AvgIpc) is 3.10. The first kappa shape index (κ1) is 19.9. The molecule has 148 valence electrons. The Bertz CT molecular complexity index is 1140. The van der Waals surface area contributed by atoms with Gasteiger partial charge in [0.1, 0.15) is 17.5 Å². The van der Waals surface area contributed by atoms with Crippen molar-refractivity contribution < 1.29 is 13.2 Å². The minimum atomic E-state index is -0.758. The van der Waals surface area contributed by atoms with Crippen LogP contribution in [0.2, 0.25) is 5.02 Å². The number of thioether (sulfide) groups is 1. The molecule has 0 saturated carbocycles. The summed E-state index contributed by atoms with van der Waals surface area (Å²) in [6.07, 6.45) is 3.79. The summed E-state index contributed by atoms with van der Waals surface area (Å²) in [5, 5.41) is 1.13. The SMILES string of the molecule is CSCc1cccc2c(C(c3ccc(F)cc3F)c3ccc(Cl)cc3F)c[nH]c12. The molecule has 0 aliphatic carbocycles. The van der Waals surface area contributed by atoms with E-state index in [1.165, 1.54) is 18.2 Å². The zero-order chi connectivity index (χ0) is 20.5. The number of H-pyrrole nitrogens is 1. The van der Waals surface area contributed by atoms with Gasteiger partial charge in [-0.2, -0.15) is 11.8 Å². The van der Waals surface area contributed by atoms with E-state index in [1.54, 1.807) is 30.1 Å². The average molecular weight is 432 g/mol. The molecule has 4 rings (SSSR count). The van der Waals surface area contributed by atoms with Crippen LogP contribution in [-0.4, -0.2) is 11.2 Å². The summed E-state index contributed by atoms with van der Waals surface area (Å²) in [6, 6.07) is 13.6. The van der Waals surface area contributed by atoms with Crippen LogP contribution in [0.1, 0.15) is 28.2 Å². The van der Waals surface area contributed by atoms with E-state index < -0.39 is 23.4 Å². The lowest BCUT2D eigenvalue weighted by atomic mass is 9.84. The number of aromatic amines is 1. The van der Waals surface area contributed by atoms with E-state index in [0.29, 0.717) is 0 Å². The zero-order valence-corrected chi connectivity index (χ0v) is 17.1. The van der Waals surface area contributed by atoms with Crippen LogP contribution in [-0.2, 0) is 5.75 Å². The molecular formula is C23H17ClF3NS. The van der Waals surface area contributed by atoms with E-state index in [-0.39, 0.29) is 16.1 Å². The highest BCUT2D eigenvalue weighted by Crippen LogP contribution is 2.40. The number of para-hydroxylation sites is 1. The van der Waals surface area contributed by atoms with E-state index in [9.17, 15) is 13.2 Å². The monoisotopic (exact) mass is 431 g/mol. The van der Waals surface area contributed by atoms with Crippen LogP contribution in [0.4, 0.5) is 13.2 Å². The molecule has 1 aromatic heterocycles. The molecule has 29 heavy (non-hydrogen) atoms. The Balaban J connectivity index is 1.98. The van der Waals surface area contributed by atoms with Crippen molar-refractivity contribution in [3.8, 4) is 0 Å². The predicted molar refractivity (Wildman–Crippen MR) is 114 cm³/mol. The van der Waals surface area contributed by atoms with Gasteiger partial charge in [-0.25, -0.2) is 13.2 Å². The summed E-state index contributed by atoms with van der Waals surface area (Å²) < 4.78 is 43.2. The van der Waals surface area contributed by atoms with E-state index in [1.807, 2.05) is 24.5 Å². The van der Waals surface area contributed by atoms with E-state index in [4.69, 9.17) is 11.6 Å². The van der Waals surface area contributed by atoms with Gasteiger partial charge in [-0.3, -0.25) is 0 Å². The molecule has 1 unspecified atom stereocenters. The molecule has 0 bridgehead atoms. The third kappa shape index (κ3) is 3.77. The standard InChI is InChI=1S/C23H17ClF3NS/c1-29-12-13-3-2-4-16-19(11-28-23(13)16)22(17-7-5-14(24)9-20(17)26)18-8-6-15(25)10-21(18)27/h2-11,22,28H,12H2,1H3. The molecule has 0 fully saturated rings. The predicted octanol–water partition coefficient (Wildman–Crippen LogP) is 7.28. The van der Waals surface area contributed by atoms with Gasteiger partial charge >= 0.3 is 0 Å². The molecule has 1 nitrogen and oxygen atoms in total. The molecule has 1 heterocycles. The van der Waals surface area contributed by atoms with Gasteiger partial charge in [0, 0.05) is 45.4 Å². The highest BCUT2D eigenvalue weighted by molar-refractivity contribution is 7.97. The fraction of sp³-hybridized carbons (Fsp3) is 0.130. The molecule has 0 saturated heterocycles. The lowest BCUT2D eigenvalue weighted by molar-refractivity contribution is 0.564. The minimum absolute atomic E-state index is 0.198. The smallest absolute Gasteiger partial charge is 0.130 e. The van der Waals surface area contributed by atoms with Crippen molar-refractivity contribution in [2.45, 2.75) is 11.7 Å². The normalized spacial score (nSPS) is 12.4. The fourth-order valence-electron chi connectivity index (χ4n) is 3.73. The second-order valence-electron chi connectivity index (χ2n) is 6.78. The third-order valence-corrected chi connectivity index (χ3v) is 5.83. The van der Waals surface area contributed by atoms with Crippen LogP contribution in [0, 0.1) is 17.5 Å². The first-order valence-electron chi connectivity index (χ1n) is 8.97. The first-order chi connectivity index (χ1) is 14.0. The second kappa shape index (κ2) is 8.17. The molecule has 1 atom stereocenters. The molecule has 0 spiro atoms. The summed E-state index contributed by atoms with van der Waals surface area (Å²) in [6.45, 7) is 0. The number of nitrogens with one attached hydrogen (secondary N) is 1. The lowest BCUT2D eigenvalue weighted by Gasteiger charge is -2.20. The molecule has 6 heteroatoms. The number of rotatable bonds is 5. The van der Waals surface area contributed by atoms with Crippen molar-refractivity contribution in [1.82, 2.24) is 4.98 Å². The van der Waals surface area contributed by atoms with Crippen molar-refractivity contribution >= 4 is 34.3 Å². The van der Waals surface area contributed by atoms with Crippen molar-refractivity contribution in [1.29, 1.82) is 0 Å². The van der Waals surface area contributed by atoms with Gasteiger partial charge in [-0.1, -0.05) is 41.9 Å². The van der Waals surface area contributed by atoms with Crippen LogP contribution in [0.25, 0.3) is 10.9 Å². The summed E-state index contributed by atoms with van der Waals surface area (Å²) >= 11 is 7.61. The van der Waals surface area contributed by atoms with Crippen molar-refractivity contribution in [3.63, 3.8) is 0 Å². The minimum Gasteiger partial charge on any atom is -0.361 e. The second-order valence-corrected chi connectivity index (χ2v) is 8.08. The van der Waals surface area contributed by atoms with E-state index >= 15 is 0 Å². The number of benzene rings is 3. The number of halogens is 4. The molecule has 0 amide bonds. The van der Waals surface area contributed by atoms with Crippen molar-refractivity contribution in [3.05, 3.63) is 106 Å². The van der Waals surface area contributed by atoms with Crippen LogP contribution < -0.4 is 0 Å². The van der Waals surface area contributed by atoms with Crippen LogP contribution in [0.5, 0.6) is 0 Å². The highest BCUT2D eigenvalue weighted by atomic mass is 35.5. The summed E-state index contributed by atoms with van der Waals surface area (Å²) in [5.41, 5.74) is 3.23. The highest BCUT2D eigenvalue weighted by Gasteiger charge is 2.26. The summed E-state index contributed by atoms with van der Waals surface area (Å²) in [5.74, 6) is -1.89. The van der Waals surface area contributed by atoms with Gasteiger partial charge in [0.2, 0.25) is 0 Å². The van der Waals surface area contributed by atoms with Crippen LogP contribution in [0.15, 0.2) is 60.8 Å².